The highest BCUT2D eigenvalue weighted by atomic mass is 15.1. The van der Waals surface area contributed by atoms with Crippen molar-refractivity contribution in [1.82, 2.24) is 9.13 Å². The first-order valence-corrected chi connectivity index (χ1v) is 18.2. The molecule has 0 saturated heterocycles. The van der Waals surface area contributed by atoms with E-state index in [-0.39, 0.29) is 0 Å². The third-order valence-corrected chi connectivity index (χ3v) is 10.9. The molecule has 3 nitrogen and oxygen atoms in total. The maximum Gasteiger partial charge on any atom is 0.0548 e. The molecule has 0 fully saturated rings. The molecule has 3 heteroatoms. The number of hydrogen-bond donors (Lipinski definition) is 0. The summed E-state index contributed by atoms with van der Waals surface area (Å²) in [6.07, 6.45) is 0. The van der Waals surface area contributed by atoms with Crippen molar-refractivity contribution in [3.05, 3.63) is 200 Å². The van der Waals surface area contributed by atoms with Crippen LogP contribution in [0.5, 0.6) is 0 Å². The van der Waals surface area contributed by atoms with Gasteiger partial charge in [0.1, 0.15) is 0 Å². The minimum atomic E-state index is 1.11. The van der Waals surface area contributed by atoms with Gasteiger partial charge in [0, 0.05) is 49.4 Å². The lowest BCUT2D eigenvalue weighted by atomic mass is 9.98. The van der Waals surface area contributed by atoms with E-state index in [1.807, 2.05) is 0 Å². The number of aromatic nitrogens is 2. The summed E-state index contributed by atoms with van der Waals surface area (Å²) in [5.41, 5.74) is 13.0. The zero-order valence-corrected chi connectivity index (χ0v) is 28.9. The molecule has 9 aromatic carbocycles. The van der Waals surface area contributed by atoms with E-state index in [1.165, 1.54) is 71.2 Å². The van der Waals surface area contributed by atoms with Crippen LogP contribution < -0.4 is 4.90 Å². The molecule has 0 aliphatic heterocycles. The second-order valence-corrected chi connectivity index (χ2v) is 13.7. The van der Waals surface area contributed by atoms with E-state index in [2.05, 4.69) is 214 Å². The quantitative estimate of drug-likeness (QED) is 0.160. The van der Waals surface area contributed by atoms with Crippen LogP contribution in [0, 0.1) is 0 Å². The Hall–Kier alpha value is -7.10. The van der Waals surface area contributed by atoms with Crippen LogP contribution in [0.4, 0.5) is 17.1 Å². The van der Waals surface area contributed by atoms with E-state index >= 15 is 0 Å². The van der Waals surface area contributed by atoms with Gasteiger partial charge in [-0.3, -0.25) is 0 Å². The maximum absolute atomic E-state index is 2.45. The van der Waals surface area contributed by atoms with Crippen molar-refractivity contribution in [3.8, 4) is 22.5 Å². The molecule has 0 atom stereocenters. The van der Waals surface area contributed by atoms with Gasteiger partial charge in [-0.25, -0.2) is 0 Å². The maximum atomic E-state index is 2.45. The minimum Gasteiger partial charge on any atom is -0.310 e. The van der Waals surface area contributed by atoms with Gasteiger partial charge in [0.05, 0.1) is 33.4 Å². The Balaban J connectivity index is 1.21. The lowest BCUT2D eigenvalue weighted by Crippen LogP contribution is -2.10. The van der Waals surface area contributed by atoms with Crippen LogP contribution in [0.3, 0.4) is 0 Å². The fourth-order valence-corrected chi connectivity index (χ4v) is 8.59. The SMILES string of the molecule is c1ccc(-c2ccc(N(c3ccccc3)c3ccc4c5c3ccc3c(-n6c7ccccc7c7ccccc76)ccc(c35)n4-c3ccccc3)cc2)cc1. The number of nitrogens with zero attached hydrogens (tertiary/aromatic N) is 3. The highest BCUT2D eigenvalue weighted by Crippen LogP contribution is 2.47. The van der Waals surface area contributed by atoms with Crippen LogP contribution in [0.2, 0.25) is 0 Å². The predicted octanol–water partition coefficient (Wildman–Crippen LogP) is 13.6. The Morgan fingerprint density at radius 2 is 0.811 bits per heavy atom. The minimum absolute atomic E-state index is 1.11. The molecule has 0 N–H and O–H groups in total. The molecule has 2 heterocycles. The first-order chi connectivity index (χ1) is 26.3. The van der Waals surface area contributed by atoms with Crippen LogP contribution in [0.15, 0.2) is 200 Å². The van der Waals surface area contributed by atoms with Crippen molar-refractivity contribution < 1.29 is 0 Å². The van der Waals surface area contributed by atoms with Gasteiger partial charge in [0.2, 0.25) is 0 Å². The van der Waals surface area contributed by atoms with Crippen LogP contribution >= 0.6 is 0 Å². The Bertz CT molecular complexity index is 3030. The van der Waals surface area contributed by atoms with Gasteiger partial charge in [-0.1, -0.05) is 127 Å². The van der Waals surface area contributed by atoms with Gasteiger partial charge in [0.15, 0.2) is 0 Å². The van der Waals surface area contributed by atoms with E-state index < -0.39 is 0 Å². The summed E-state index contributed by atoms with van der Waals surface area (Å²) in [5.74, 6) is 0. The molecule has 2 aromatic heterocycles. The first-order valence-electron chi connectivity index (χ1n) is 18.2. The number of anilines is 3. The monoisotopic (exact) mass is 675 g/mol. The molecule has 0 saturated carbocycles. The van der Waals surface area contributed by atoms with E-state index in [4.69, 9.17) is 0 Å². The summed E-state index contributed by atoms with van der Waals surface area (Å²) in [6.45, 7) is 0. The van der Waals surface area contributed by atoms with Crippen molar-refractivity contribution >= 4 is 71.4 Å². The van der Waals surface area contributed by atoms with Crippen molar-refractivity contribution in [2.45, 2.75) is 0 Å². The van der Waals surface area contributed by atoms with Crippen LogP contribution in [-0.2, 0) is 0 Å². The number of para-hydroxylation sites is 4. The smallest absolute Gasteiger partial charge is 0.0548 e. The highest BCUT2D eigenvalue weighted by Gasteiger charge is 2.24. The van der Waals surface area contributed by atoms with E-state index in [0.717, 1.165) is 22.7 Å². The molecule has 0 bridgehead atoms. The lowest BCUT2D eigenvalue weighted by molar-refractivity contribution is 1.17. The Kier molecular flexibility index (Phi) is 6.55. The molecule has 0 spiro atoms. The molecule has 0 radical (unpaired) electrons. The second-order valence-electron chi connectivity index (χ2n) is 13.7. The third kappa shape index (κ3) is 4.47. The Morgan fingerprint density at radius 3 is 1.49 bits per heavy atom. The molecule has 0 amide bonds. The number of benzene rings is 9. The summed E-state index contributed by atoms with van der Waals surface area (Å²) in [5, 5.41) is 7.52. The van der Waals surface area contributed by atoms with Gasteiger partial charge in [-0.2, -0.15) is 0 Å². The summed E-state index contributed by atoms with van der Waals surface area (Å²) in [4.78, 5) is 2.40. The summed E-state index contributed by atoms with van der Waals surface area (Å²) < 4.78 is 4.89. The van der Waals surface area contributed by atoms with Gasteiger partial charge in [-0.05, 0) is 83.9 Å². The standard InChI is InChI=1S/C50H33N3/c1-4-14-34(15-5-1)35-24-26-38(27-25-35)51(36-16-6-2-7-17-36)45-30-32-47-49-41(45)28-29-42-46(31-33-48(50(42)49)52(47)37-18-8-3-9-19-37)53-43-22-12-10-20-39(43)40-21-11-13-23-44(40)53/h1-33H. The normalized spacial score (nSPS) is 11.8. The molecular formula is C50H33N3. The number of rotatable bonds is 6. The number of fused-ring (bicyclic) bond motifs is 3. The van der Waals surface area contributed by atoms with Crippen molar-refractivity contribution in [1.29, 1.82) is 0 Å². The van der Waals surface area contributed by atoms with Crippen molar-refractivity contribution in [3.63, 3.8) is 0 Å². The fourth-order valence-electron chi connectivity index (χ4n) is 8.59. The molecule has 0 aliphatic carbocycles. The molecule has 11 rings (SSSR count). The third-order valence-electron chi connectivity index (χ3n) is 10.9. The topological polar surface area (TPSA) is 13.1 Å². The van der Waals surface area contributed by atoms with E-state index in [1.54, 1.807) is 0 Å². The van der Waals surface area contributed by atoms with E-state index in [0.29, 0.717) is 0 Å². The number of hydrogen-bond acceptors (Lipinski definition) is 1. The fraction of sp³-hybridized carbons (Fsp3) is 0. The second kappa shape index (κ2) is 11.7. The summed E-state index contributed by atoms with van der Waals surface area (Å²) in [7, 11) is 0. The Labute approximate surface area is 307 Å². The van der Waals surface area contributed by atoms with Gasteiger partial charge < -0.3 is 14.0 Å². The highest BCUT2D eigenvalue weighted by molar-refractivity contribution is 6.28. The van der Waals surface area contributed by atoms with Crippen molar-refractivity contribution in [2.24, 2.45) is 0 Å². The van der Waals surface area contributed by atoms with Crippen LogP contribution in [0.1, 0.15) is 0 Å². The predicted molar refractivity (Wildman–Crippen MR) is 224 cm³/mol. The largest absolute Gasteiger partial charge is 0.310 e. The van der Waals surface area contributed by atoms with Gasteiger partial charge >= 0.3 is 0 Å². The van der Waals surface area contributed by atoms with Gasteiger partial charge in [-0.15, -0.1) is 0 Å². The zero-order chi connectivity index (χ0) is 34.9. The molecule has 248 valence electrons. The van der Waals surface area contributed by atoms with Gasteiger partial charge in [0.25, 0.3) is 0 Å². The molecule has 0 aliphatic rings. The molecule has 0 unspecified atom stereocenters. The van der Waals surface area contributed by atoms with Crippen LogP contribution in [0.25, 0.3) is 76.9 Å². The average molecular weight is 676 g/mol. The first kappa shape index (κ1) is 29.6. The van der Waals surface area contributed by atoms with E-state index in [9.17, 15) is 0 Å². The zero-order valence-electron chi connectivity index (χ0n) is 28.9. The summed E-state index contributed by atoms with van der Waals surface area (Å²) >= 11 is 0. The average Bonchev–Trinajstić information content (AvgIpc) is 3.75. The summed E-state index contributed by atoms with van der Waals surface area (Å²) in [6, 6.07) is 72.6. The van der Waals surface area contributed by atoms with Crippen LogP contribution in [-0.4, -0.2) is 9.13 Å². The molecule has 11 aromatic rings. The van der Waals surface area contributed by atoms with Crippen molar-refractivity contribution in [2.75, 3.05) is 4.90 Å². The Morgan fingerprint density at radius 1 is 0.302 bits per heavy atom. The lowest BCUT2D eigenvalue weighted by Gasteiger charge is -2.27. The molecule has 53 heavy (non-hydrogen) atoms. The molecular weight excluding hydrogens is 643 g/mol.